The van der Waals surface area contributed by atoms with E-state index in [1.165, 1.54) is 16.7 Å². The number of aromatic nitrogens is 1. The van der Waals surface area contributed by atoms with Gasteiger partial charge in [-0.15, -0.1) is 0 Å². The van der Waals surface area contributed by atoms with Crippen molar-refractivity contribution >= 4 is 21.9 Å². The average Bonchev–Trinajstić information content (AvgIpc) is 3.91. The van der Waals surface area contributed by atoms with Gasteiger partial charge in [-0.2, -0.15) is 0 Å². The Hall–Kier alpha value is -8.47. The molecule has 1 aliphatic heterocycles. The average molecular weight is 820 g/mol. The second-order valence-corrected chi connectivity index (χ2v) is 16.6. The van der Waals surface area contributed by atoms with Crippen LogP contribution in [0.3, 0.4) is 0 Å². The lowest BCUT2D eigenvalue weighted by Crippen LogP contribution is -2.28. The first-order valence-electron chi connectivity index (χ1n) is 21.7. The zero-order valence-corrected chi connectivity index (χ0v) is 34.5. The molecule has 2 aliphatic rings. The quantitative estimate of drug-likeness (QED) is 0.168. The summed E-state index contributed by atoms with van der Waals surface area (Å²) in [6.45, 7) is 0. The molecule has 13 rings (SSSR count). The molecule has 0 unspecified atom stereocenters. The van der Waals surface area contributed by atoms with Gasteiger partial charge in [0, 0.05) is 33.0 Å². The van der Waals surface area contributed by atoms with E-state index in [0.29, 0.717) is 23.0 Å². The van der Waals surface area contributed by atoms with Crippen molar-refractivity contribution in [1.82, 2.24) is 4.98 Å². The maximum absolute atomic E-state index is 7.08. The molecule has 0 spiro atoms. The first-order chi connectivity index (χ1) is 31.7. The van der Waals surface area contributed by atoms with Crippen LogP contribution in [0.15, 0.2) is 229 Å². The molecule has 0 saturated heterocycles. The summed E-state index contributed by atoms with van der Waals surface area (Å²) >= 11 is 0. The summed E-state index contributed by atoms with van der Waals surface area (Å²) in [6, 6.07) is 78.8. The summed E-state index contributed by atoms with van der Waals surface area (Å²) in [4.78, 5) is 5.28. The van der Waals surface area contributed by atoms with Crippen molar-refractivity contribution in [3.63, 3.8) is 0 Å². The second-order valence-electron chi connectivity index (χ2n) is 16.6. The monoisotopic (exact) mass is 819 g/mol. The number of fused-ring (bicyclic) bond motifs is 9. The van der Waals surface area contributed by atoms with Crippen molar-refractivity contribution in [2.45, 2.75) is 5.41 Å². The lowest BCUT2D eigenvalue weighted by Gasteiger charge is -2.34. The van der Waals surface area contributed by atoms with Crippen molar-refractivity contribution in [2.24, 2.45) is 0 Å². The van der Waals surface area contributed by atoms with Gasteiger partial charge >= 0.3 is 0 Å². The minimum absolute atomic E-state index is 0.549. The molecule has 3 heterocycles. The highest BCUT2D eigenvalue weighted by Gasteiger charge is 2.48. The van der Waals surface area contributed by atoms with Crippen LogP contribution in [0.1, 0.15) is 22.3 Å². The summed E-state index contributed by atoms with van der Waals surface area (Å²) in [5, 5.41) is 2.24. The molecule has 64 heavy (non-hydrogen) atoms. The lowest BCUT2D eigenvalue weighted by atomic mass is 9.68. The van der Waals surface area contributed by atoms with Crippen molar-refractivity contribution < 1.29 is 13.9 Å². The zero-order valence-electron chi connectivity index (χ0n) is 34.5. The molecule has 0 radical (unpaired) electrons. The van der Waals surface area contributed by atoms with Gasteiger partial charge in [-0.25, -0.2) is 4.98 Å². The van der Waals surface area contributed by atoms with E-state index >= 15 is 0 Å². The molecule has 4 nitrogen and oxygen atoms in total. The van der Waals surface area contributed by atoms with Gasteiger partial charge in [-0.05, 0) is 87.0 Å². The van der Waals surface area contributed by atoms with Crippen molar-refractivity contribution in [2.75, 3.05) is 0 Å². The molecule has 0 bridgehead atoms. The van der Waals surface area contributed by atoms with Gasteiger partial charge in [-0.1, -0.05) is 182 Å². The number of benzene rings is 9. The Morgan fingerprint density at radius 2 is 0.969 bits per heavy atom. The fourth-order valence-corrected chi connectivity index (χ4v) is 10.1. The Balaban J connectivity index is 0.913. The molecule has 11 aromatic rings. The minimum atomic E-state index is -0.549. The first-order valence-corrected chi connectivity index (χ1v) is 21.7. The SMILES string of the molecule is c1ccc(-c2cc(-c3ccc(-c4cccc5c4oc4ccccc45)cc3)cc(-c3ccc4c(c3)Oc3c(ccc5c3-c3ccccc3C5(c3ccccc3)c3ccccc3)O4)n2)cc1. The molecular weight excluding hydrogens is 783 g/mol. The highest BCUT2D eigenvalue weighted by atomic mass is 16.6. The maximum atomic E-state index is 7.08. The normalized spacial score (nSPS) is 13.1. The fraction of sp³-hybridized carbons (Fsp3) is 0.0167. The number of nitrogens with zero attached hydrogens (tertiary/aromatic N) is 1. The number of rotatable bonds is 6. The molecule has 4 heteroatoms. The Bertz CT molecular complexity index is 3560. The zero-order chi connectivity index (χ0) is 42.2. The van der Waals surface area contributed by atoms with Crippen molar-refractivity contribution in [1.29, 1.82) is 0 Å². The molecule has 2 aromatic heterocycles. The fourth-order valence-electron chi connectivity index (χ4n) is 10.1. The van der Waals surface area contributed by atoms with Crippen LogP contribution >= 0.6 is 0 Å². The van der Waals surface area contributed by atoms with Crippen LogP contribution in [0.5, 0.6) is 23.0 Å². The predicted molar refractivity (Wildman–Crippen MR) is 257 cm³/mol. The molecule has 0 fully saturated rings. The van der Waals surface area contributed by atoms with E-state index in [1.807, 2.05) is 24.3 Å². The van der Waals surface area contributed by atoms with E-state index in [0.717, 1.165) is 83.4 Å². The summed E-state index contributed by atoms with van der Waals surface area (Å²) in [6.07, 6.45) is 0. The van der Waals surface area contributed by atoms with Crippen molar-refractivity contribution in [3.05, 3.63) is 247 Å². The molecule has 1 aliphatic carbocycles. The number of furan rings is 1. The van der Waals surface area contributed by atoms with E-state index in [4.69, 9.17) is 18.9 Å². The van der Waals surface area contributed by atoms with E-state index in [9.17, 15) is 0 Å². The third kappa shape index (κ3) is 5.52. The molecule has 0 atom stereocenters. The molecule has 0 amide bonds. The van der Waals surface area contributed by atoms with Gasteiger partial charge in [0.1, 0.15) is 11.2 Å². The maximum Gasteiger partial charge on any atom is 0.178 e. The molecule has 9 aromatic carbocycles. The van der Waals surface area contributed by atoms with Crippen LogP contribution in [0.25, 0.3) is 77.8 Å². The Labute approximate surface area is 370 Å². The Morgan fingerprint density at radius 1 is 0.359 bits per heavy atom. The summed E-state index contributed by atoms with van der Waals surface area (Å²) in [5.41, 5.74) is 16.2. The van der Waals surface area contributed by atoms with Crippen LogP contribution in [0.2, 0.25) is 0 Å². The van der Waals surface area contributed by atoms with Gasteiger partial charge in [0.25, 0.3) is 0 Å². The Morgan fingerprint density at radius 3 is 1.75 bits per heavy atom. The van der Waals surface area contributed by atoms with Gasteiger partial charge < -0.3 is 13.9 Å². The van der Waals surface area contributed by atoms with E-state index < -0.39 is 5.41 Å². The van der Waals surface area contributed by atoms with E-state index in [1.54, 1.807) is 0 Å². The smallest absolute Gasteiger partial charge is 0.178 e. The van der Waals surface area contributed by atoms with Gasteiger partial charge in [0.15, 0.2) is 23.0 Å². The lowest BCUT2D eigenvalue weighted by molar-refractivity contribution is 0.360. The number of pyridine rings is 1. The summed E-state index contributed by atoms with van der Waals surface area (Å²) in [7, 11) is 0. The Kier molecular flexibility index (Phi) is 8.09. The number of para-hydroxylation sites is 2. The summed E-state index contributed by atoms with van der Waals surface area (Å²) in [5.74, 6) is 2.71. The van der Waals surface area contributed by atoms with Gasteiger partial charge in [0.05, 0.1) is 16.8 Å². The first kappa shape index (κ1) is 36.2. The third-order valence-electron chi connectivity index (χ3n) is 13.0. The highest BCUT2D eigenvalue weighted by molar-refractivity contribution is 6.09. The second kappa shape index (κ2) is 14.3. The molecule has 0 saturated carbocycles. The third-order valence-corrected chi connectivity index (χ3v) is 13.0. The number of hydrogen-bond acceptors (Lipinski definition) is 4. The molecule has 0 N–H and O–H groups in total. The van der Waals surface area contributed by atoms with Crippen LogP contribution < -0.4 is 9.47 Å². The van der Waals surface area contributed by atoms with E-state index in [2.05, 4.69) is 200 Å². The predicted octanol–water partition coefficient (Wildman–Crippen LogP) is 15.9. The highest BCUT2D eigenvalue weighted by Crippen LogP contribution is 2.62. The van der Waals surface area contributed by atoms with Crippen LogP contribution in [0, 0.1) is 0 Å². The minimum Gasteiger partial charge on any atom is -0.455 e. The van der Waals surface area contributed by atoms with Gasteiger partial charge in [0.2, 0.25) is 0 Å². The van der Waals surface area contributed by atoms with Crippen LogP contribution in [0.4, 0.5) is 0 Å². The van der Waals surface area contributed by atoms with Crippen LogP contribution in [-0.4, -0.2) is 4.98 Å². The molecule has 300 valence electrons. The number of ether oxygens (including phenoxy) is 2. The number of hydrogen-bond donors (Lipinski definition) is 0. The summed E-state index contributed by atoms with van der Waals surface area (Å²) < 4.78 is 20.2. The standard InChI is InChI=1S/C60H37NO3/c1-4-15-40(16-5-1)51-35-42(38-27-29-39(30-28-38)45-23-14-24-47-46-21-11-13-26-53(46)63-58(45)47)36-52(61-51)41-31-33-54-56(37-41)64-59-55(62-54)34-32-50-57(59)48-22-10-12-25-49(48)60(50,43-17-6-2-7-18-43)44-19-8-3-9-20-44/h1-37H. The van der Waals surface area contributed by atoms with E-state index in [-0.39, 0.29) is 0 Å². The van der Waals surface area contributed by atoms with Gasteiger partial charge in [-0.3, -0.25) is 0 Å². The largest absolute Gasteiger partial charge is 0.455 e. The van der Waals surface area contributed by atoms with Crippen molar-refractivity contribution in [3.8, 4) is 78.9 Å². The van der Waals surface area contributed by atoms with Crippen LogP contribution in [-0.2, 0) is 5.41 Å². The topological polar surface area (TPSA) is 44.5 Å². The molecular formula is C60H37NO3.